The number of ether oxygens (including phenoxy) is 2. The van der Waals surface area contributed by atoms with Gasteiger partial charge in [0.25, 0.3) is 0 Å². The highest BCUT2D eigenvalue weighted by atomic mass is 16.5. The summed E-state index contributed by atoms with van der Waals surface area (Å²) in [7, 11) is 0. The number of rotatable bonds is 2. The first-order valence-electron chi connectivity index (χ1n) is 10.5. The van der Waals surface area contributed by atoms with Crippen LogP contribution >= 0.6 is 0 Å². The van der Waals surface area contributed by atoms with Gasteiger partial charge >= 0.3 is 5.97 Å². The summed E-state index contributed by atoms with van der Waals surface area (Å²) >= 11 is 0. The molecule has 6 N–H and O–H groups in total. The average Bonchev–Trinajstić information content (AvgIpc) is 2.72. The SMILES string of the molecule is C[C@@H]1O[C@@H](CC(=O)O)[C@@H](O)c2c(O)c3c(c(O)c21)C(=O)C1=C(C3=O)[C@@H]2C[C@H](O)[C@]1(O)[C@H](C)O2. The molecule has 1 aromatic rings. The van der Waals surface area contributed by atoms with Crippen LogP contribution in [-0.4, -0.2) is 78.2 Å². The number of phenolic OH excluding ortho intramolecular Hbond substituents is 2. The maximum absolute atomic E-state index is 13.6. The lowest BCUT2D eigenvalue weighted by Gasteiger charge is -2.52. The monoisotopic (exact) mass is 462 g/mol. The van der Waals surface area contributed by atoms with E-state index in [0.717, 1.165) is 0 Å². The van der Waals surface area contributed by atoms with Crippen molar-refractivity contribution >= 4 is 17.5 Å². The molecule has 0 saturated carbocycles. The van der Waals surface area contributed by atoms with Gasteiger partial charge in [-0.05, 0) is 13.8 Å². The zero-order valence-corrected chi connectivity index (χ0v) is 17.6. The van der Waals surface area contributed by atoms with E-state index in [2.05, 4.69) is 0 Å². The number of aliphatic carboxylic acids is 1. The summed E-state index contributed by atoms with van der Waals surface area (Å²) in [5.41, 5.74) is -4.40. The number of ketones is 2. The van der Waals surface area contributed by atoms with Crippen LogP contribution in [0.5, 0.6) is 11.5 Å². The van der Waals surface area contributed by atoms with E-state index in [1.165, 1.54) is 13.8 Å². The van der Waals surface area contributed by atoms with Crippen LogP contribution < -0.4 is 0 Å². The molecule has 1 fully saturated rings. The van der Waals surface area contributed by atoms with Crippen LogP contribution in [0, 0.1) is 0 Å². The molecule has 7 atom stereocenters. The van der Waals surface area contributed by atoms with Gasteiger partial charge in [-0.15, -0.1) is 0 Å². The van der Waals surface area contributed by atoms with Crippen LogP contribution in [-0.2, 0) is 14.3 Å². The fraction of sp³-hybridized carbons (Fsp3) is 0.500. The molecule has 0 unspecified atom stereocenters. The second-order valence-corrected chi connectivity index (χ2v) is 8.92. The van der Waals surface area contributed by atoms with Crippen molar-refractivity contribution in [2.24, 2.45) is 0 Å². The van der Waals surface area contributed by atoms with E-state index in [9.17, 15) is 39.9 Å². The molecule has 6 rings (SSSR count). The number of hydrogen-bond donors (Lipinski definition) is 6. The van der Waals surface area contributed by atoms with E-state index in [1.807, 2.05) is 0 Å². The largest absolute Gasteiger partial charge is 0.507 e. The zero-order chi connectivity index (χ0) is 24.1. The predicted octanol–water partition coefficient (Wildman–Crippen LogP) is 0.0243. The smallest absolute Gasteiger partial charge is 0.306 e. The van der Waals surface area contributed by atoms with Crippen molar-refractivity contribution in [2.45, 2.75) is 68.9 Å². The standard InChI is InChI=1S/C22H22O11/c1-5-11-13(17(26)8(32-5)4-10(24)25)20(29)14-15(18(11)27)21(30)16-12(19(14)28)7-3-9(23)22(16,31)6(2)33-7/h5-9,17,23,26-27,29,31H,3-4H2,1-2H3,(H,24,25)/t5-,6-,7-,8-,9-,17+,22+/m0/s1. The quantitative estimate of drug-likeness (QED) is 0.325. The summed E-state index contributed by atoms with van der Waals surface area (Å²) in [5.74, 6) is -4.61. The summed E-state index contributed by atoms with van der Waals surface area (Å²) in [6, 6.07) is 0. The lowest BCUT2D eigenvalue weighted by molar-refractivity contribution is -0.207. The number of carboxylic acid groups (broad SMARTS) is 1. The van der Waals surface area contributed by atoms with Crippen molar-refractivity contribution in [3.8, 4) is 11.5 Å². The van der Waals surface area contributed by atoms with Crippen LogP contribution in [0.4, 0.5) is 0 Å². The van der Waals surface area contributed by atoms with E-state index in [-0.39, 0.29) is 28.7 Å². The third-order valence-corrected chi connectivity index (χ3v) is 7.18. The van der Waals surface area contributed by atoms with Gasteiger partial charge in [0.15, 0.2) is 11.6 Å². The minimum absolute atomic E-state index is 0.153. The second-order valence-electron chi connectivity index (χ2n) is 8.92. The molecule has 0 radical (unpaired) electrons. The average molecular weight is 462 g/mol. The lowest BCUT2D eigenvalue weighted by Crippen LogP contribution is -2.66. The van der Waals surface area contributed by atoms with Crippen molar-refractivity contribution < 1.29 is 54.5 Å². The maximum atomic E-state index is 13.6. The predicted molar refractivity (Wildman–Crippen MR) is 106 cm³/mol. The van der Waals surface area contributed by atoms with E-state index >= 15 is 0 Å². The Balaban J connectivity index is 1.76. The van der Waals surface area contributed by atoms with E-state index in [1.54, 1.807) is 0 Å². The number of carbonyl (C=O) groups excluding carboxylic acids is 2. The Hall–Kier alpha value is -2.83. The Bertz CT molecular complexity index is 1150. The number of aromatic hydroxyl groups is 2. The first-order chi connectivity index (χ1) is 15.4. The number of aliphatic hydroxyl groups is 3. The van der Waals surface area contributed by atoms with Gasteiger partial charge in [0, 0.05) is 28.7 Å². The van der Waals surface area contributed by atoms with Crippen molar-refractivity contribution in [1.82, 2.24) is 0 Å². The molecule has 0 aromatic heterocycles. The summed E-state index contributed by atoms with van der Waals surface area (Å²) in [6.07, 6.45) is -8.21. The van der Waals surface area contributed by atoms with Crippen molar-refractivity contribution in [1.29, 1.82) is 0 Å². The first kappa shape index (κ1) is 22.0. The minimum atomic E-state index is -2.19. The second kappa shape index (κ2) is 6.84. The van der Waals surface area contributed by atoms with Crippen molar-refractivity contribution in [3.63, 3.8) is 0 Å². The fourth-order valence-electron chi connectivity index (χ4n) is 5.65. The molecule has 176 valence electrons. The number of fused-ring (bicyclic) bond motifs is 4. The van der Waals surface area contributed by atoms with Crippen LogP contribution in [0.25, 0.3) is 0 Å². The van der Waals surface area contributed by atoms with Crippen LogP contribution in [0.3, 0.4) is 0 Å². The number of carbonyl (C=O) groups is 3. The Morgan fingerprint density at radius 3 is 2.24 bits per heavy atom. The fourth-order valence-corrected chi connectivity index (χ4v) is 5.65. The molecular weight excluding hydrogens is 440 g/mol. The van der Waals surface area contributed by atoms with Gasteiger partial charge in [-0.2, -0.15) is 0 Å². The molecule has 2 aliphatic carbocycles. The normalized spacial score (nSPS) is 37.0. The Labute approximate surface area is 186 Å². The molecule has 2 bridgehead atoms. The maximum Gasteiger partial charge on any atom is 0.306 e. The third kappa shape index (κ3) is 2.59. The Morgan fingerprint density at radius 1 is 1.03 bits per heavy atom. The first-order valence-corrected chi connectivity index (χ1v) is 10.5. The molecule has 5 aliphatic rings. The highest BCUT2D eigenvalue weighted by molar-refractivity contribution is 6.30. The number of carboxylic acids is 1. The number of benzene rings is 1. The zero-order valence-electron chi connectivity index (χ0n) is 17.6. The van der Waals surface area contributed by atoms with Crippen LogP contribution in [0.2, 0.25) is 0 Å². The third-order valence-electron chi connectivity index (χ3n) is 7.18. The van der Waals surface area contributed by atoms with Gasteiger partial charge in [0.05, 0.1) is 48.1 Å². The van der Waals surface area contributed by atoms with E-state index < -0.39 is 88.8 Å². The molecule has 0 spiro atoms. The molecule has 3 aliphatic heterocycles. The number of phenols is 2. The Kier molecular flexibility index (Phi) is 4.56. The van der Waals surface area contributed by atoms with Gasteiger partial charge in [-0.3, -0.25) is 14.4 Å². The Morgan fingerprint density at radius 2 is 1.64 bits per heavy atom. The van der Waals surface area contributed by atoms with Crippen LogP contribution in [0.1, 0.15) is 70.7 Å². The van der Waals surface area contributed by atoms with Gasteiger partial charge in [-0.1, -0.05) is 0 Å². The summed E-state index contributed by atoms with van der Waals surface area (Å²) in [4.78, 5) is 38.2. The summed E-state index contributed by atoms with van der Waals surface area (Å²) < 4.78 is 11.1. The molecule has 1 saturated heterocycles. The number of Topliss-reactive ketones (excluding diaryl/α,β-unsaturated/α-hetero) is 2. The molecule has 3 heterocycles. The van der Waals surface area contributed by atoms with Crippen LogP contribution in [0.15, 0.2) is 11.1 Å². The van der Waals surface area contributed by atoms with Gasteiger partial charge in [0.1, 0.15) is 23.2 Å². The summed E-state index contributed by atoms with van der Waals surface area (Å²) in [5, 5.41) is 63.6. The van der Waals surface area contributed by atoms with E-state index in [4.69, 9.17) is 14.6 Å². The van der Waals surface area contributed by atoms with Crippen molar-refractivity contribution in [2.75, 3.05) is 0 Å². The highest BCUT2D eigenvalue weighted by Crippen LogP contribution is 2.55. The molecule has 1 aromatic carbocycles. The van der Waals surface area contributed by atoms with Gasteiger partial charge in [-0.25, -0.2) is 0 Å². The topological polar surface area (TPSA) is 191 Å². The van der Waals surface area contributed by atoms with Gasteiger partial charge in [0.2, 0.25) is 0 Å². The number of hydrogen-bond acceptors (Lipinski definition) is 10. The van der Waals surface area contributed by atoms with E-state index in [0.29, 0.717) is 0 Å². The summed E-state index contributed by atoms with van der Waals surface area (Å²) in [6.45, 7) is 2.88. The molecule has 33 heavy (non-hydrogen) atoms. The number of aliphatic hydroxyl groups excluding tert-OH is 2. The minimum Gasteiger partial charge on any atom is -0.507 e. The highest BCUT2D eigenvalue weighted by Gasteiger charge is 2.62. The van der Waals surface area contributed by atoms with Crippen molar-refractivity contribution in [3.05, 3.63) is 33.4 Å². The molecule has 11 heteroatoms. The molecular formula is C22H22O11. The van der Waals surface area contributed by atoms with Gasteiger partial charge < -0.3 is 40.1 Å². The molecule has 0 amide bonds. The lowest BCUT2D eigenvalue weighted by atomic mass is 9.63. The molecule has 11 nitrogen and oxygen atoms in total.